The van der Waals surface area contributed by atoms with Crippen molar-refractivity contribution in [3.05, 3.63) is 59.1 Å². The first-order valence-electron chi connectivity index (χ1n) is 8.76. The van der Waals surface area contributed by atoms with Crippen LogP contribution in [0.5, 0.6) is 11.5 Å². The first-order chi connectivity index (χ1) is 12.7. The first-order valence-corrected chi connectivity index (χ1v) is 9.14. The number of ether oxygens (including phenoxy) is 2. The van der Waals surface area contributed by atoms with E-state index in [-0.39, 0.29) is 11.9 Å². The highest BCUT2D eigenvalue weighted by Crippen LogP contribution is 2.23. The first kappa shape index (κ1) is 21.1. The van der Waals surface area contributed by atoms with Gasteiger partial charge >= 0.3 is 0 Å². The van der Waals surface area contributed by atoms with Crippen molar-refractivity contribution in [1.82, 2.24) is 10.2 Å². The van der Waals surface area contributed by atoms with E-state index < -0.39 is 5.60 Å². The zero-order chi connectivity index (χ0) is 20.0. The van der Waals surface area contributed by atoms with Crippen LogP contribution in [0, 0.1) is 0 Å². The van der Waals surface area contributed by atoms with E-state index in [2.05, 4.69) is 10.2 Å². The van der Waals surface area contributed by atoms with Crippen LogP contribution in [0.1, 0.15) is 25.5 Å². The lowest BCUT2D eigenvalue weighted by Crippen LogP contribution is -2.48. The molecule has 5 nitrogen and oxygen atoms in total. The monoisotopic (exact) mass is 390 g/mol. The second-order valence-corrected chi connectivity index (χ2v) is 7.47. The molecule has 0 fully saturated rings. The number of methoxy groups -OCH3 is 1. The van der Waals surface area contributed by atoms with Gasteiger partial charge in [-0.05, 0) is 69.9 Å². The van der Waals surface area contributed by atoms with Gasteiger partial charge in [-0.1, -0.05) is 23.7 Å². The molecule has 1 atom stereocenters. The van der Waals surface area contributed by atoms with E-state index in [0.717, 1.165) is 11.3 Å². The van der Waals surface area contributed by atoms with Crippen molar-refractivity contribution in [3.8, 4) is 11.5 Å². The quantitative estimate of drug-likeness (QED) is 0.742. The zero-order valence-electron chi connectivity index (χ0n) is 16.5. The number of nitrogens with zero attached hydrogens (tertiary/aromatic N) is 1. The number of benzene rings is 2. The minimum Gasteiger partial charge on any atom is -0.497 e. The number of hydrogen-bond donors (Lipinski definition) is 1. The van der Waals surface area contributed by atoms with Gasteiger partial charge in [0.25, 0.3) is 5.91 Å². The molecule has 0 aliphatic rings. The van der Waals surface area contributed by atoms with Crippen molar-refractivity contribution in [1.29, 1.82) is 0 Å². The molecule has 2 rings (SSSR count). The summed E-state index contributed by atoms with van der Waals surface area (Å²) >= 11 is 5.89. The summed E-state index contributed by atoms with van der Waals surface area (Å²) in [5.41, 5.74) is 0.0856. The fourth-order valence-corrected chi connectivity index (χ4v) is 2.80. The maximum absolute atomic E-state index is 12.7. The second-order valence-electron chi connectivity index (χ2n) is 7.03. The molecular weight excluding hydrogens is 364 g/mol. The molecule has 0 saturated heterocycles. The lowest BCUT2D eigenvalue weighted by Gasteiger charge is -2.29. The minimum atomic E-state index is -1.01. The average Bonchev–Trinajstić information content (AvgIpc) is 2.63. The molecule has 1 N–H and O–H groups in total. The van der Waals surface area contributed by atoms with Gasteiger partial charge < -0.3 is 19.7 Å². The van der Waals surface area contributed by atoms with Crippen molar-refractivity contribution in [2.45, 2.75) is 25.5 Å². The van der Waals surface area contributed by atoms with Crippen LogP contribution in [0.2, 0.25) is 5.02 Å². The van der Waals surface area contributed by atoms with E-state index in [1.807, 2.05) is 38.4 Å². The topological polar surface area (TPSA) is 50.8 Å². The van der Waals surface area contributed by atoms with E-state index in [0.29, 0.717) is 17.3 Å². The van der Waals surface area contributed by atoms with E-state index >= 15 is 0 Å². The molecule has 2 aromatic carbocycles. The molecule has 2 aromatic rings. The standard InChI is InChI=1S/C21H27ClN2O3/c1-21(2,27-18-12-8-16(22)9-13-18)20(25)23-14-19(24(3)4)15-6-10-17(26-5)11-7-15/h6-13,19H,14H2,1-5H3,(H,23,25). The Morgan fingerprint density at radius 3 is 2.15 bits per heavy atom. The van der Waals surface area contributed by atoms with E-state index in [9.17, 15) is 4.79 Å². The molecule has 0 aliphatic heterocycles. The third-order valence-corrected chi connectivity index (χ3v) is 4.57. The van der Waals surface area contributed by atoms with Gasteiger partial charge in [0.15, 0.2) is 5.60 Å². The van der Waals surface area contributed by atoms with Gasteiger partial charge in [0, 0.05) is 11.6 Å². The van der Waals surface area contributed by atoms with Gasteiger partial charge in [0.1, 0.15) is 11.5 Å². The maximum atomic E-state index is 12.7. The lowest BCUT2D eigenvalue weighted by atomic mass is 10.0. The Bertz CT molecular complexity index is 743. The maximum Gasteiger partial charge on any atom is 0.263 e. The van der Waals surface area contributed by atoms with Gasteiger partial charge in [-0.15, -0.1) is 0 Å². The zero-order valence-corrected chi connectivity index (χ0v) is 17.2. The van der Waals surface area contributed by atoms with Crippen molar-refractivity contribution in [2.24, 2.45) is 0 Å². The minimum absolute atomic E-state index is 0.0335. The van der Waals surface area contributed by atoms with E-state index in [4.69, 9.17) is 21.1 Å². The van der Waals surface area contributed by atoms with Gasteiger partial charge in [-0.3, -0.25) is 4.79 Å². The predicted molar refractivity (Wildman–Crippen MR) is 109 cm³/mol. The molecule has 0 saturated carbocycles. The van der Waals surface area contributed by atoms with E-state index in [1.165, 1.54) is 0 Å². The Morgan fingerprint density at radius 2 is 1.63 bits per heavy atom. The average molecular weight is 391 g/mol. The molecule has 0 aromatic heterocycles. The number of carbonyl (C=O) groups is 1. The number of likely N-dealkylation sites (N-methyl/N-ethyl adjacent to an activating group) is 1. The number of rotatable bonds is 8. The molecule has 146 valence electrons. The van der Waals surface area contributed by atoms with Crippen LogP contribution in [0.25, 0.3) is 0 Å². The molecule has 1 unspecified atom stereocenters. The van der Waals surface area contributed by atoms with Crippen LogP contribution in [0.15, 0.2) is 48.5 Å². The number of carbonyl (C=O) groups excluding carboxylic acids is 1. The number of hydrogen-bond acceptors (Lipinski definition) is 4. The highest BCUT2D eigenvalue weighted by atomic mass is 35.5. The van der Waals surface area contributed by atoms with Gasteiger partial charge in [-0.25, -0.2) is 0 Å². The van der Waals surface area contributed by atoms with Crippen molar-refractivity contribution in [3.63, 3.8) is 0 Å². The highest BCUT2D eigenvalue weighted by Gasteiger charge is 2.30. The summed E-state index contributed by atoms with van der Waals surface area (Å²) in [7, 11) is 5.61. The molecule has 6 heteroatoms. The molecule has 0 bridgehead atoms. The Hall–Kier alpha value is -2.24. The fourth-order valence-electron chi connectivity index (χ4n) is 2.67. The van der Waals surface area contributed by atoms with Crippen LogP contribution in [-0.2, 0) is 4.79 Å². The largest absolute Gasteiger partial charge is 0.497 e. The van der Waals surface area contributed by atoms with E-state index in [1.54, 1.807) is 45.2 Å². The SMILES string of the molecule is COc1ccc(C(CNC(=O)C(C)(C)Oc2ccc(Cl)cc2)N(C)C)cc1. The van der Waals surface area contributed by atoms with Crippen molar-refractivity contribution >= 4 is 17.5 Å². The van der Waals surface area contributed by atoms with Crippen molar-refractivity contribution < 1.29 is 14.3 Å². The summed E-state index contributed by atoms with van der Waals surface area (Å²) in [5, 5.41) is 3.62. The van der Waals surface area contributed by atoms with Crippen LogP contribution in [0.3, 0.4) is 0 Å². The number of amides is 1. The molecule has 0 spiro atoms. The van der Waals surface area contributed by atoms with Crippen LogP contribution < -0.4 is 14.8 Å². The van der Waals surface area contributed by atoms with Gasteiger partial charge in [-0.2, -0.15) is 0 Å². The Labute approximate surface area is 166 Å². The summed E-state index contributed by atoms with van der Waals surface area (Å²) in [4.78, 5) is 14.8. The lowest BCUT2D eigenvalue weighted by molar-refractivity contribution is -0.134. The summed E-state index contributed by atoms with van der Waals surface area (Å²) in [6.45, 7) is 3.95. The smallest absolute Gasteiger partial charge is 0.263 e. The summed E-state index contributed by atoms with van der Waals surface area (Å²) < 4.78 is 11.1. The Morgan fingerprint density at radius 1 is 1.07 bits per heavy atom. The predicted octanol–water partition coefficient (Wildman–Crippen LogP) is 3.93. The highest BCUT2D eigenvalue weighted by molar-refractivity contribution is 6.30. The van der Waals surface area contributed by atoms with Crippen LogP contribution in [-0.4, -0.2) is 44.2 Å². The molecule has 27 heavy (non-hydrogen) atoms. The van der Waals surface area contributed by atoms with Crippen LogP contribution >= 0.6 is 11.6 Å². The van der Waals surface area contributed by atoms with Crippen LogP contribution in [0.4, 0.5) is 0 Å². The number of halogens is 1. The molecule has 0 aliphatic carbocycles. The molecule has 0 heterocycles. The normalized spacial score (nSPS) is 12.6. The summed E-state index contributed by atoms with van der Waals surface area (Å²) in [6, 6.07) is 14.8. The Kier molecular flexibility index (Phi) is 7.11. The van der Waals surface area contributed by atoms with Gasteiger partial charge in [0.05, 0.1) is 13.2 Å². The number of nitrogens with one attached hydrogen (secondary N) is 1. The second kappa shape index (κ2) is 9.11. The molecular formula is C21H27ClN2O3. The molecule has 1 amide bonds. The molecule has 0 radical (unpaired) electrons. The van der Waals surface area contributed by atoms with Gasteiger partial charge in [0.2, 0.25) is 0 Å². The fraction of sp³-hybridized carbons (Fsp3) is 0.381. The Balaban J connectivity index is 2.02. The summed E-state index contributed by atoms with van der Waals surface area (Å²) in [5.74, 6) is 1.22. The van der Waals surface area contributed by atoms with Crippen molar-refractivity contribution in [2.75, 3.05) is 27.7 Å². The third kappa shape index (κ3) is 5.88. The summed E-state index contributed by atoms with van der Waals surface area (Å²) in [6.07, 6.45) is 0. The third-order valence-electron chi connectivity index (χ3n) is 4.31.